The van der Waals surface area contributed by atoms with Crippen LogP contribution in [-0.2, 0) is 26.2 Å². The second-order valence-corrected chi connectivity index (χ2v) is 12.0. The van der Waals surface area contributed by atoms with Gasteiger partial charge >= 0.3 is 0 Å². The number of nitrogens with zero attached hydrogens (tertiary/aromatic N) is 2. The molecule has 0 radical (unpaired) electrons. The van der Waals surface area contributed by atoms with E-state index in [0.29, 0.717) is 23.6 Å². The van der Waals surface area contributed by atoms with Gasteiger partial charge in [-0.15, -0.1) is 0 Å². The normalized spacial score (nSPS) is 11.9. The summed E-state index contributed by atoms with van der Waals surface area (Å²) in [4.78, 5) is 28.8. The van der Waals surface area contributed by atoms with E-state index >= 15 is 0 Å². The van der Waals surface area contributed by atoms with Crippen molar-refractivity contribution in [1.29, 1.82) is 0 Å². The zero-order valence-corrected chi connectivity index (χ0v) is 25.7. The van der Waals surface area contributed by atoms with Gasteiger partial charge in [0.2, 0.25) is 11.8 Å². The number of hydrogen-bond acceptors (Lipinski definition) is 5. The molecule has 8 nitrogen and oxygen atoms in total. The highest BCUT2D eigenvalue weighted by atomic mass is 35.5. The van der Waals surface area contributed by atoms with Crippen LogP contribution in [0.2, 0.25) is 10.0 Å². The number of carbonyl (C=O) groups excluding carboxylic acids is 2. The topological polar surface area (TPSA) is 96.0 Å². The largest absolute Gasteiger partial charge is 0.495 e. The van der Waals surface area contributed by atoms with Crippen molar-refractivity contribution in [3.8, 4) is 5.75 Å². The van der Waals surface area contributed by atoms with Gasteiger partial charge in [0.15, 0.2) is 0 Å². The van der Waals surface area contributed by atoms with E-state index < -0.39 is 28.5 Å². The first kappa shape index (κ1) is 32.2. The van der Waals surface area contributed by atoms with Gasteiger partial charge in [0.05, 0.1) is 17.7 Å². The van der Waals surface area contributed by atoms with E-state index in [2.05, 4.69) is 5.32 Å². The molecule has 41 heavy (non-hydrogen) atoms. The molecule has 3 rings (SSSR count). The molecule has 1 atom stereocenters. The number of nitrogens with one attached hydrogen (secondary N) is 1. The Balaban J connectivity index is 2.10. The van der Waals surface area contributed by atoms with Gasteiger partial charge in [-0.2, -0.15) is 0 Å². The average Bonchev–Trinajstić information content (AvgIpc) is 2.97. The Labute approximate surface area is 252 Å². The minimum absolute atomic E-state index is 0.00408. The number of unbranched alkanes of at least 4 members (excludes halogenated alkanes) is 1. The number of sulfonamides is 1. The summed E-state index contributed by atoms with van der Waals surface area (Å²) in [5, 5.41) is 3.59. The second-order valence-electron chi connectivity index (χ2n) is 9.32. The lowest BCUT2D eigenvalue weighted by atomic mass is 10.1. The van der Waals surface area contributed by atoms with Gasteiger partial charge in [-0.05, 0) is 54.8 Å². The second kappa shape index (κ2) is 15.1. The summed E-state index contributed by atoms with van der Waals surface area (Å²) in [5.74, 6) is -0.702. The van der Waals surface area contributed by atoms with Crippen molar-refractivity contribution in [1.82, 2.24) is 10.2 Å². The molecule has 220 valence electrons. The standard InChI is InChI=1S/C30H35Cl2N3O5S/c1-4-6-18-33-30(37)26(5-2)34(20-22-12-10-11-15-25(22)32)29(36)21-35(27-19-23(31)16-17-28(27)40-3)41(38,39)24-13-8-7-9-14-24/h7-17,19,26H,4-6,18,20-21H2,1-3H3,(H,33,37)/t26-/m1/s1. The summed E-state index contributed by atoms with van der Waals surface area (Å²) in [6.07, 6.45) is 1.99. The minimum atomic E-state index is -4.26. The Morgan fingerprint density at radius 1 is 0.976 bits per heavy atom. The third kappa shape index (κ3) is 8.15. The summed E-state index contributed by atoms with van der Waals surface area (Å²) in [5.41, 5.74) is 0.718. The molecule has 0 aliphatic carbocycles. The quantitative estimate of drug-likeness (QED) is 0.226. The summed E-state index contributed by atoms with van der Waals surface area (Å²) >= 11 is 12.7. The summed E-state index contributed by atoms with van der Waals surface area (Å²) in [6.45, 7) is 3.67. The fraction of sp³-hybridized carbons (Fsp3) is 0.333. The number of methoxy groups -OCH3 is 1. The Morgan fingerprint density at radius 3 is 2.29 bits per heavy atom. The summed E-state index contributed by atoms with van der Waals surface area (Å²) < 4.78 is 34.4. The third-order valence-corrected chi connectivity index (χ3v) is 8.91. The number of halogens is 2. The van der Waals surface area contributed by atoms with Crippen LogP contribution in [-0.4, -0.2) is 51.4 Å². The predicted molar refractivity (Wildman–Crippen MR) is 163 cm³/mol. The van der Waals surface area contributed by atoms with E-state index in [1.54, 1.807) is 55.5 Å². The van der Waals surface area contributed by atoms with Crippen LogP contribution in [0, 0.1) is 0 Å². The maximum atomic E-state index is 14.2. The first-order chi connectivity index (χ1) is 19.6. The molecule has 0 spiro atoms. The van der Waals surface area contributed by atoms with Crippen LogP contribution in [0.5, 0.6) is 5.75 Å². The first-order valence-electron chi connectivity index (χ1n) is 13.4. The molecule has 1 N–H and O–H groups in total. The smallest absolute Gasteiger partial charge is 0.264 e. The van der Waals surface area contributed by atoms with Crippen molar-refractivity contribution in [2.24, 2.45) is 0 Å². The van der Waals surface area contributed by atoms with Crippen molar-refractivity contribution in [2.45, 2.75) is 50.6 Å². The molecule has 0 heterocycles. The van der Waals surface area contributed by atoms with Crippen LogP contribution < -0.4 is 14.4 Å². The summed E-state index contributed by atoms with van der Waals surface area (Å²) in [7, 11) is -2.86. The average molecular weight is 621 g/mol. The maximum absolute atomic E-state index is 14.2. The minimum Gasteiger partial charge on any atom is -0.495 e. The molecule has 0 aliphatic heterocycles. The van der Waals surface area contributed by atoms with Gasteiger partial charge in [-0.25, -0.2) is 8.42 Å². The van der Waals surface area contributed by atoms with Crippen LogP contribution in [0.4, 0.5) is 5.69 Å². The van der Waals surface area contributed by atoms with Crippen LogP contribution in [0.25, 0.3) is 0 Å². The zero-order valence-electron chi connectivity index (χ0n) is 23.3. The first-order valence-corrected chi connectivity index (χ1v) is 15.6. The molecule has 3 aromatic rings. The highest BCUT2D eigenvalue weighted by Crippen LogP contribution is 2.35. The lowest BCUT2D eigenvalue weighted by molar-refractivity contribution is -0.140. The van der Waals surface area contributed by atoms with Crippen LogP contribution in [0.15, 0.2) is 77.7 Å². The molecule has 0 aliphatic rings. The Bertz CT molecular complexity index is 1440. The van der Waals surface area contributed by atoms with E-state index in [1.807, 2.05) is 6.92 Å². The van der Waals surface area contributed by atoms with Crippen molar-refractivity contribution in [3.05, 3.63) is 88.4 Å². The Morgan fingerprint density at radius 2 is 1.66 bits per heavy atom. The molecule has 3 aromatic carbocycles. The third-order valence-electron chi connectivity index (χ3n) is 6.53. The van der Waals surface area contributed by atoms with Gasteiger partial charge in [-0.3, -0.25) is 13.9 Å². The van der Waals surface area contributed by atoms with E-state index in [0.717, 1.165) is 17.1 Å². The molecule has 0 saturated heterocycles. The molecule has 11 heteroatoms. The fourth-order valence-corrected chi connectivity index (χ4v) is 6.13. The van der Waals surface area contributed by atoms with Crippen molar-refractivity contribution in [3.63, 3.8) is 0 Å². The maximum Gasteiger partial charge on any atom is 0.264 e. The number of amides is 2. The van der Waals surface area contributed by atoms with E-state index in [1.165, 1.54) is 36.3 Å². The SMILES string of the molecule is CCCCNC(=O)[C@@H](CC)N(Cc1ccccc1Cl)C(=O)CN(c1cc(Cl)ccc1OC)S(=O)(=O)c1ccccc1. The Hall–Kier alpha value is -3.27. The summed E-state index contributed by atoms with van der Waals surface area (Å²) in [6, 6.07) is 18.5. The van der Waals surface area contributed by atoms with Gasteiger partial charge in [0.1, 0.15) is 18.3 Å². The molecule has 0 saturated carbocycles. The molecule has 2 amide bonds. The van der Waals surface area contributed by atoms with E-state index in [4.69, 9.17) is 27.9 Å². The van der Waals surface area contributed by atoms with E-state index in [-0.39, 0.29) is 33.8 Å². The van der Waals surface area contributed by atoms with Gasteiger partial charge in [0.25, 0.3) is 10.0 Å². The van der Waals surface area contributed by atoms with Gasteiger partial charge in [0, 0.05) is 23.1 Å². The van der Waals surface area contributed by atoms with Crippen LogP contribution >= 0.6 is 23.2 Å². The molecular weight excluding hydrogens is 585 g/mol. The highest BCUT2D eigenvalue weighted by molar-refractivity contribution is 7.92. The molecule has 0 unspecified atom stereocenters. The van der Waals surface area contributed by atoms with Gasteiger partial charge < -0.3 is 15.0 Å². The van der Waals surface area contributed by atoms with Crippen molar-refractivity contribution in [2.75, 3.05) is 24.5 Å². The molecular formula is C30H35Cl2N3O5S. The number of rotatable bonds is 14. The number of hydrogen-bond donors (Lipinski definition) is 1. The number of benzene rings is 3. The molecule has 0 fully saturated rings. The number of anilines is 1. The molecule has 0 aromatic heterocycles. The fourth-order valence-electron chi connectivity index (χ4n) is 4.33. The van der Waals surface area contributed by atoms with Crippen molar-refractivity contribution >= 4 is 50.7 Å². The van der Waals surface area contributed by atoms with Crippen LogP contribution in [0.3, 0.4) is 0 Å². The van der Waals surface area contributed by atoms with Crippen molar-refractivity contribution < 1.29 is 22.7 Å². The highest BCUT2D eigenvalue weighted by Gasteiger charge is 2.35. The van der Waals surface area contributed by atoms with Crippen LogP contribution in [0.1, 0.15) is 38.7 Å². The molecule has 0 bridgehead atoms. The monoisotopic (exact) mass is 619 g/mol. The van der Waals surface area contributed by atoms with E-state index in [9.17, 15) is 18.0 Å². The Kier molecular flexibility index (Phi) is 11.9. The lowest BCUT2D eigenvalue weighted by Gasteiger charge is -2.33. The zero-order chi connectivity index (χ0) is 30.0. The number of carbonyl (C=O) groups is 2. The lowest BCUT2D eigenvalue weighted by Crippen LogP contribution is -2.52. The predicted octanol–water partition coefficient (Wildman–Crippen LogP) is 5.92. The number of ether oxygens (including phenoxy) is 1. The van der Waals surface area contributed by atoms with Gasteiger partial charge in [-0.1, -0.05) is 79.9 Å².